The van der Waals surface area contributed by atoms with Crippen molar-refractivity contribution >= 4 is 11.8 Å². The normalized spacial score (nSPS) is 23.5. The minimum atomic E-state index is -0.954. The molecular weight excluding hydrogens is 492 g/mol. The van der Waals surface area contributed by atoms with E-state index in [-0.39, 0.29) is 23.9 Å². The third-order valence-corrected chi connectivity index (χ3v) is 8.60. The number of carbonyl (C=O) groups excluding carboxylic acids is 2. The Morgan fingerprint density at radius 1 is 1.08 bits per heavy atom. The van der Waals surface area contributed by atoms with Crippen molar-refractivity contribution in [3.05, 3.63) is 66.0 Å². The number of aliphatic hydroxyl groups is 1. The molecule has 0 spiro atoms. The van der Waals surface area contributed by atoms with Gasteiger partial charge in [-0.1, -0.05) is 43.3 Å². The zero-order valence-electron chi connectivity index (χ0n) is 23.0. The van der Waals surface area contributed by atoms with E-state index < -0.39 is 5.60 Å². The third-order valence-electron chi connectivity index (χ3n) is 8.60. The molecule has 1 unspecified atom stereocenters. The van der Waals surface area contributed by atoms with Crippen LogP contribution in [0.2, 0.25) is 0 Å². The molecule has 9 nitrogen and oxygen atoms in total. The molecule has 210 valence electrons. The summed E-state index contributed by atoms with van der Waals surface area (Å²) < 4.78 is 0. The van der Waals surface area contributed by atoms with E-state index in [1.54, 1.807) is 11.1 Å². The number of carbonyl (C=O) groups is 2. The highest BCUT2D eigenvalue weighted by Gasteiger charge is 2.39. The molecule has 1 aromatic carbocycles. The molecule has 39 heavy (non-hydrogen) atoms. The first kappa shape index (κ1) is 27.7. The molecule has 9 heteroatoms. The largest absolute Gasteiger partial charge is 0.388 e. The summed E-state index contributed by atoms with van der Waals surface area (Å²) >= 11 is 0. The van der Waals surface area contributed by atoms with Crippen LogP contribution in [-0.4, -0.2) is 106 Å². The third kappa shape index (κ3) is 7.22. The Hall–Kier alpha value is -2.85. The number of piperazine rings is 1. The number of likely N-dealkylation sites (tertiary alicyclic amines) is 1. The minimum Gasteiger partial charge on any atom is -0.388 e. The zero-order chi connectivity index (χ0) is 27.2. The summed E-state index contributed by atoms with van der Waals surface area (Å²) in [6.07, 6.45) is 5.62. The van der Waals surface area contributed by atoms with Crippen molar-refractivity contribution in [2.24, 2.45) is 0 Å². The van der Waals surface area contributed by atoms with Gasteiger partial charge in [0.2, 0.25) is 11.8 Å². The molecule has 5 rings (SSSR count). The Morgan fingerprint density at radius 3 is 2.49 bits per heavy atom. The average molecular weight is 535 g/mol. The predicted octanol–water partition coefficient (Wildman–Crippen LogP) is 1.85. The smallest absolute Gasteiger partial charge is 0.226 e. The van der Waals surface area contributed by atoms with Gasteiger partial charge < -0.3 is 14.9 Å². The van der Waals surface area contributed by atoms with Crippen molar-refractivity contribution in [3.8, 4) is 0 Å². The molecule has 4 heterocycles. The number of hydrogen-bond donors (Lipinski definition) is 2. The van der Waals surface area contributed by atoms with E-state index in [0.29, 0.717) is 52.0 Å². The number of pyridine rings is 1. The lowest BCUT2D eigenvalue weighted by atomic mass is 9.89. The first-order chi connectivity index (χ1) is 18.9. The van der Waals surface area contributed by atoms with Crippen molar-refractivity contribution in [1.29, 1.82) is 0 Å². The van der Waals surface area contributed by atoms with Crippen LogP contribution in [0.1, 0.15) is 49.7 Å². The minimum absolute atomic E-state index is 0.0370. The van der Waals surface area contributed by atoms with Gasteiger partial charge in [0.1, 0.15) is 0 Å². The van der Waals surface area contributed by atoms with E-state index in [1.807, 2.05) is 35.4 Å². The summed E-state index contributed by atoms with van der Waals surface area (Å²) in [5.74, 6) is 0.376. The summed E-state index contributed by atoms with van der Waals surface area (Å²) in [6, 6.07) is 14.2. The Kier molecular flexibility index (Phi) is 8.92. The fraction of sp³-hybridized carbons (Fsp3) is 0.567. The fourth-order valence-corrected chi connectivity index (χ4v) is 6.03. The van der Waals surface area contributed by atoms with Gasteiger partial charge in [-0.15, -0.1) is 0 Å². The second-order valence-corrected chi connectivity index (χ2v) is 11.5. The van der Waals surface area contributed by atoms with Crippen molar-refractivity contribution in [2.75, 3.05) is 52.5 Å². The molecule has 3 aliphatic rings. The van der Waals surface area contributed by atoms with Gasteiger partial charge in [0, 0.05) is 64.6 Å². The van der Waals surface area contributed by atoms with E-state index in [4.69, 9.17) is 0 Å². The van der Waals surface area contributed by atoms with Crippen LogP contribution in [0.25, 0.3) is 0 Å². The second-order valence-electron chi connectivity index (χ2n) is 11.5. The number of nitrogens with one attached hydrogen (secondary N) is 1. The van der Waals surface area contributed by atoms with E-state index >= 15 is 0 Å². The lowest BCUT2D eigenvalue weighted by Gasteiger charge is -2.45. The molecule has 0 bridgehead atoms. The van der Waals surface area contributed by atoms with Crippen LogP contribution in [0.4, 0.5) is 0 Å². The number of rotatable bonds is 8. The van der Waals surface area contributed by atoms with Gasteiger partial charge in [0.05, 0.1) is 31.4 Å². The molecule has 0 saturated carbocycles. The maximum Gasteiger partial charge on any atom is 0.226 e. The first-order valence-electron chi connectivity index (χ1n) is 14.3. The number of piperidine rings is 1. The first-order valence-corrected chi connectivity index (χ1v) is 14.3. The molecule has 3 aliphatic heterocycles. The molecule has 3 saturated heterocycles. The topological polar surface area (TPSA) is 92.2 Å². The SMILES string of the molecule is C[C@H](CC(=O)N1CCC(O)(CN2CNC(N3CCN(Cc4cccnc4)CC3)CC2=O)CC1)c1ccccc1. The fourth-order valence-electron chi connectivity index (χ4n) is 6.03. The van der Waals surface area contributed by atoms with E-state index in [1.165, 1.54) is 11.1 Å². The molecule has 0 radical (unpaired) electrons. The van der Waals surface area contributed by atoms with Crippen LogP contribution >= 0.6 is 0 Å². The van der Waals surface area contributed by atoms with Gasteiger partial charge in [0.15, 0.2) is 0 Å². The van der Waals surface area contributed by atoms with E-state index in [2.05, 4.69) is 45.2 Å². The molecule has 3 fully saturated rings. The van der Waals surface area contributed by atoms with Crippen LogP contribution in [0.3, 0.4) is 0 Å². The highest BCUT2D eigenvalue weighted by molar-refractivity contribution is 5.78. The Bertz CT molecular complexity index is 1080. The molecule has 2 N–H and O–H groups in total. The Balaban J connectivity index is 1.04. The van der Waals surface area contributed by atoms with Gasteiger partial charge in [0.25, 0.3) is 0 Å². The van der Waals surface area contributed by atoms with Gasteiger partial charge >= 0.3 is 0 Å². The van der Waals surface area contributed by atoms with Crippen LogP contribution in [0.5, 0.6) is 0 Å². The number of amides is 2. The van der Waals surface area contributed by atoms with Gasteiger partial charge in [-0.25, -0.2) is 0 Å². The lowest BCUT2D eigenvalue weighted by Crippen LogP contribution is -2.63. The number of aromatic nitrogens is 1. The van der Waals surface area contributed by atoms with Crippen LogP contribution in [0.15, 0.2) is 54.9 Å². The van der Waals surface area contributed by atoms with E-state index in [0.717, 1.165) is 32.7 Å². The summed E-state index contributed by atoms with van der Waals surface area (Å²) in [4.78, 5) is 38.6. The average Bonchev–Trinajstić information content (AvgIpc) is 2.96. The standard InChI is InChI=1S/C30H42N6O3/c1-24(26-7-3-2-4-8-26)18-28(37)35-12-9-30(39,10-13-35)22-36-23-32-27(19-29(36)38)34-16-14-33(15-17-34)21-25-6-5-11-31-20-25/h2-8,11,20,24,27,32,39H,9-10,12-19,21-23H2,1H3/t24-,27?/m1/s1. The Labute approximate surface area is 231 Å². The maximum atomic E-state index is 13.1. The van der Waals surface area contributed by atoms with Crippen LogP contribution in [0, 0.1) is 0 Å². The second kappa shape index (κ2) is 12.6. The van der Waals surface area contributed by atoms with Crippen molar-refractivity contribution < 1.29 is 14.7 Å². The lowest BCUT2D eigenvalue weighted by molar-refractivity contribution is -0.146. The van der Waals surface area contributed by atoms with Crippen molar-refractivity contribution in [1.82, 2.24) is 29.9 Å². The van der Waals surface area contributed by atoms with Gasteiger partial charge in [-0.3, -0.25) is 29.7 Å². The molecule has 0 aliphatic carbocycles. The van der Waals surface area contributed by atoms with Crippen LogP contribution < -0.4 is 5.32 Å². The summed E-state index contributed by atoms with van der Waals surface area (Å²) in [5, 5.41) is 14.8. The summed E-state index contributed by atoms with van der Waals surface area (Å²) in [6.45, 7) is 8.55. The molecule has 2 atom stereocenters. The van der Waals surface area contributed by atoms with Gasteiger partial charge in [-0.05, 0) is 36.0 Å². The zero-order valence-corrected chi connectivity index (χ0v) is 23.0. The monoisotopic (exact) mass is 534 g/mol. The number of β-amino-alcohol motifs (C(OH)–C–C–N with tert-alkyl or cyclic N) is 1. The van der Waals surface area contributed by atoms with E-state index in [9.17, 15) is 14.7 Å². The maximum absolute atomic E-state index is 13.1. The molecule has 2 aromatic rings. The Morgan fingerprint density at radius 2 is 1.82 bits per heavy atom. The van der Waals surface area contributed by atoms with Gasteiger partial charge in [-0.2, -0.15) is 0 Å². The highest BCUT2D eigenvalue weighted by Crippen LogP contribution is 2.27. The quantitative estimate of drug-likeness (QED) is 0.534. The molecular formula is C30H42N6O3. The van der Waals surface area contributed by atoms with Crippen molar-refractivity contribution in [3.63, 3.8) is 0 Å². The summed E-state index contributed by atoms with van der Waals surface area (Å²) in [5.41, 5.74) is 1.44. The summed E-state index contributed by atoms with van der Waals surface area (Å²) in [7, 11) is 0. The number of nitrogens with zero attached hydrogens (tertiary/aromatic N) is 5. The highest BCUT2D eigenvalue weighted by atomic mass is 16.3. The van der Waals surface area contributed by atoms with Crippen LogP contribution in [-0.2, 0) is 16.1 Å². The number of hydrogen-bond acceptors (Lipinski definition) is 7. The molecule has 2 amide bonds. The molecule has 1 aromatic heterocycles. The predicted molar refractivity (Wildman–Crippen MR) is 149 cm³/mol. The van der Waals surface area contributed by atoms with Crippen molar-refractivity contribution in [2.45, 2.75) is 56.8 Å². The number of benzene rings is 1.